The summed E-state index contributed by atoms with van der Waals surface area (Å²) in [5.74, 6) is -1.41. The second kappa shape index (κ2) is 6.66. The molecular formula is C23H16O8. The standard InChI is InChI=1S/C23H16O8/c1-8-6-12(26)20-17(13(27)7-14(31-3)22(20)29)15(8)16-9(2)21(28)18-10(24)4-5-11(25)19(18)23(16)30/h4-7,26-27,29H,1-3H3. The van der Waals surface area contributed by atoms with Gasteiger partial charge in [-0.25, -0.2) is 0 Å². The average Bonchev–Trinajstić information content (AvgIpc) is 2.71. The first-order valence-electron chi connectivity index (χ1n) is 9.17. The smallest absolute Gasteiger partial charge is 0.198 e. The summed E-state index contributed by atoms with van der Waals surface area (Å²) in [4.78, 5) is 50.9. The first-order valence-corrected chi connectivity index (χ1v) is 9.17. The van der Waals surface area contributed by atoms with Crippen molar-refractivity contribution >= 4 is 10.8 Å². The summed E-state index contributed by atoms with van der Waals surface area (Å²) < 4.78 is 5.01. The fourth-order valence-electron chi connectivity index (χ4n) is 4.07. The summed E-state index contributed by atoms with van der Waals surface area (Å²) in [6.07, 6.45) is 0. The zero-order valence-electron chi connectivity index (χ0n) is 16.7. The van der Waals surface area contributed by atoms with Gasteiger partial charge in [0.05, 0.1) is 22.9 Å². The molecular weight excluding hydrogens is 404 g/mol. The lowest BCUT2D eigenvalue weighted by Crippen LogP contribution is -2.30. The zero-order valence-corrected chi connectivity index (χ0v) is 16.7. The number of phenols is 3. The summed E-state index contributed by atoms with van der Waals surface area (Å²) in [5, 5.41) is 30.3. The fourth-order valence-corrected chi connectivity index (χ4v) is 4.07. The molecule has 0 saturated heterocycles. The van der Waals surface area contributed by atoms with Crippen LogP contribution in [-0.4, -0.2) is 22.4 Å². The quantitative estimate of drug-likeness (QED) is 0.413. The number of aryl methyl sites for hydroxylation is 1. The molecule has 0 aromatic heterocycles. The predicted octanol–water partition coefficient (Wildman–Crippen LogP) is 1.29. The Morgan fingerprint density at radius 3 is 1.87 bits per heavy atom. The molecule has 8 heteroatoms. The van der Waals surface area contributed by atoms with Gasteiger partial charge in [0.1, 0.15) is 11.5 Å². The monoisotopic (exact) mass is 420 g/mol. The van der Waals surface area contributed by atoms with Crippen molar-refractivity contribution in [2.75, 3.05) is 7.11 Å². The number of methoxy groups -OCH3 is 1. The summed E-state index contributed by atoms with van der Waals surface area (Å²) >= 11 is 0. The second-order valence-electron chi connectivity index (χ2n) is 7.25. The molecule has 0 amide bonds. The molecule has 0 unspecified atom stereocenters. The van der Waals surface area contributed by atoms with Crippen molar-refractivity contribution in [3.05, 3.63) is 86.7 Å². The molecule has 0 bridgehead atoms. The Balaban J connectivity index is 2.38. The summed E-state index contributed by atoms with van der Waals surface area (Å²) in [6.45, 7) is 2.87. The van der Waals surface area contributed by atoms with E-state index < -0.39 is 43.7 Å². The number of aromatic hydroxyl groups is 3. The van der Waals surface area contributed by atoms with E-state index >= 15 is 0 Å². The number of hydrogen-bond donors (Lipinski definition) is 3. The van der Waals surface area contributed by atoms with Gasteiger partial charge in [0, 0.05) is 28.1 Å². The van der Waals surface area contributed by atoms with E-state index in [-0.39, 0.29) is 39.0 Å². The van der Waals surface area contributed by atoms with Gasteiger partial charge in [0.25, 0.3) is 0 Å². The van der Waals surface area contributed by atoms with Crippen LogP contribution in [0.3, 0.4) is 0 Å². The van der Waals surface area contributed by atoms with Crippen LogP contribution in [0.15, 0.2) is 43.4 Å². The van der Waals surface area contributed by atoms with E-state index in [4.69, 9.17) is 4.74 Å². The van der Waals surface area contributed by atoms with Crippen LogP contribution in [0.25, 0.3) is 21.9 Å². The van der Waals surface area contributed by atoms with Gasteiger partial charge in [-0.05, 0) is 37.6 Å². The Labute approximate surface area is 173 Å². The normalized spacial score (nSPS) is 11.3. The lowest BCUT2D eigenvalue weighted by atomic mass is 9.88. The summed E-state index contributed by atoms with van der Waals surface area (Å²) in [6, 6.07) is 4.24. The predicted molar refractivity (Wildman–Crippen MR) is 113 cm³/mol. The van der Waals surface area contributed by atoms with E-state index in [9.17, 15) is 34.5 Å². The van der Waals surface area contributed by atoms with Gasteiger partial charge in [-0.3, -0.25) is 19.2 Å². The number of phenolic OH excluding ortho intramolecular Hbond substituents is 3. The molecule has 31 heavy (non-hydrogen) atoms. The molecule has 2 aromatic rings. The highest BCUT2D eigenvalue weighted by atomic mass is 16.5. The van der Waals surface area contributed by atoms with Crippen LogP contribution in [0.5, 0.6) is 23.0 Å². The number of hydrogen-bond acceptors (Lipinski definition) is 8. The molecule has 8 nitrogen and oxygen atoms in total. The number of rotatable bonds is 2. The van der Waals surface area contributed by atoms with Crippen LogP contribution < -0.4 is 26.5 Å². The highest BCUT2D eigenvalue weighted by molar-refractivity contribution is 6.09. The van der Waals surface area contributed by atoms with Gasteiger partial charge >= 0.3 is 0 Å². The van der Waals surface area contributed by atoms with Crippen molar-refractivity contribution in [1.29, 1.82) is 0 Å². The van der Waals surface area contributed by atoms with Crippen LogP contribution in [0.4, 0.5) is 0 Å². The van der Waals surface area contributed by atoms with Gasteiger partial charge < -0.3 is 20.1 Å². The zero-order chi connectivity index (χ0) is 22.8. The van der Waals surface area contributed by atoms with Gasteiger partial charge in [0.15, 0.2) is 33.2 Å². The van der Waals surface area contributed by atoms with Crippen molar-refractivity contribution < 1.29 is 20.1 Å². The Hall–Kier alpha value is -4.20. The Morgan fingerprint density at radius 2 is 1.29 bits per heavy atom. The van der Waals surface area contributed by atoms with Crippen molar-refractivity contribution in [3.63, 3.8) is 0 Å². The maximum absolute atomic E-state index is 13.4. The minimum atomic E-state index is -0.848. The maximum atomic E-state index is 13.4. The molecule has 0 spiro atoms. The molecule has 0 heterocycles. The lowest BCUT2D eigenvalue weighted by molar-refractivity contribution is 0.371. The number of ether oxygens (including phenoxy) is 1. The molecule has 2 aliphatic carbocycles. The third kappa shape index (κ3) is 2.61. The third-order valence-corrected chi connectivity index (χ3v) is 5.49. The molecule has 0 radical (unpaired) electrons. The van der Waals surface area contributed by atoms with Crippen LogP contribution >= 0.6 is 0 Å². The van der Waals surface area contributed by atoms with Gasteiger partial charge in [-0.1, -0.05) is 0 Å². The molecule has 2 aromatic carbocycles. The largest absolute Gasteiger partial charge is 0.507 e. The van der Waals surface area contributed by atoms with E-state index in [1.165, 1.54) is 27.0 Å². The molecule has 0 atom stereocenters. The molecule has 3 N–H and O–H groups in total. The summed E-state index contributed by atoms with van der Waals surface area (Å²) in [5.41, 5.74) is -3.05. The Kier molecular flexibility index (Phi) is 4.32. The van der Waals surface area contributed by atoms with E-state index in [2.05, 4.69) is 0 Å². The summed E-state index contributed by atoms with van der Waals surface area (Å²) in [7, 11) is 1.26. The minimum Gasteiger partial charge on any atom is -0.507 e. The van der Waals surface area contributed by atoms with Gasteiger partial charge in [-0.15, -0.1) is 0 Å². The van der Waals surface area contributed by atoms with Gasteiger partial charge in [0.2, 0.25) is 0 Å². The molecule has 0 saturated carbocycles. The van der Waals surface area contributed by atoms with Crippen LogP contribution in [0.1, 0.15) is 11.1 Å². The Bertz CT molecular complexity index is 1690. The third-order valence-electron chi connectivity index (χ3n) is 5.49. The maximum Gasteiger partial charge on any atom is 0.198 e. The van der Waals surface area contributed by atoms with Crippen molar-refractivity contribution in [3.8, 4) is 34.1 Å². The van der Waals surface area contributed by atoms with Crippen molar-refractivity contribution in [1.82, 2.24) is 0 Å². The van der Waals surface area contributed by atoms with E-state index in [0.29, 0.717) is 5.56 Å². The van der Waals surface area contributed by atoms with Gasteiger partial charge in [-0.2, -0.15) is 0 Å². The van der Waals surface area contributed by atoms with E-state index in [1.807, 2.05) is 0 Å². The number of benzene rings is 2. The molecule has 0 aliphatic heterocycles. The topological polar surface area (TPSA) is 138 Å². The van der Waals surface area contributed by atoms with Crippen LogP contribution in [-0.2, 0) is 0 Å². The fraction of sp³-hybridized carbons (Fsp3) is 0.130. The number of fused-ring (bicyclic) bond motifs is 1. The second-order valence-corrected chi connectivity index (χ2v) is 7.25. The molecule has 156 valence electrons. The first-order chi connectivity index (χ1) is 14.6. The van der Waals surface area contributed by atoms with Crippen LogP contribution in [0.2, 0.25) is 0 Å². The Morgan fingerprint density at radius 1 is 0.742 bits per heavy atom. The van der Waals surface area contributed by atoms with Crippen molar-refractivity contribution in [2.24, 2.45) is 0 Å². The molecule has 2 aliphatic rings. The highest BCUT2D eigenvalue weighted by Crippen LogP contribution is 2.49. The highest BCUT2D eigenvalue weighted by Gasteiger charge is 2.25. The molecule has 0 fully saturated rings. The van der Waals surface area contributed by atoms with Crippen LogP contribution in [0, 0.1) is 24.3 Å². The average molecular weight is 420 g/mol. The SMILES string of the molecule is COc1cc(O)c2c(-c3c(C)c(=O)c4c(=O)ccc(=O)c=4c3=O)c(C)cc(O)c2c1O. The van der Waals surface area contributed by atoms with E-state index in [1.54, 1.807) is 0 Å². The first kappa shape index (κ1) is 20.1. The van der Waals surface area contributed by atoms with Crippen molar-refractivity contribution in [2.45, 2.75) is 13.8 Å². The van der Waals surface area contributed by atoms with E-state index in [0.717, 1.165) is 18.2 Å². The minimum absolute atomic E-state index is 0.0560. The lowest BCUT2D eigenvalue weighted by Gasteiger charge is -2.17. The molecule has 4 rings (SSSR count).